The van der Waals surface area contributed by atoms with E-state index in [1.807, 2.05) is 6.07 Å². The van der Waals surface area contributed by atoms with Gasteiger partial charge in [-0.1, -0.05) is 0 Å². The van der Waals surface area contributed by atoms with Crippen molar-refractivity contribution < 1.29 is 14.2 Å². The van der Waals surface area contributed by atoms with E-state index in [9.17, 15) is 0 Å². The highest BCUT2D eigenvalue weighted by Gasteiger charge is 2.10. The van der Waals surface area contributed by atoms with E-state index in [1.54, 1.807) is 27.4 Å². The van der Waals surface area contributed by atoms with Crippen LogP contribution < -0.4 is 15.4 Å². The van der Waals surface area contributed by atoms with Gasteiger partial charge < -0.3 is 24.8 Å². The average Bonchev–Trinajstić information content (AvgIpc) is 2.40. The lowest BCUT2D eigenvalue weighted by Gasteiger charge is -2.23. The van der Waals surface area contributed by atoms with Gasteiger partial charge >= 0.3 is 0 Å². The fraction of sp³-hybridized carbons (Fsp3) is 0.583. The molecule has 1 rings (SSSR count). The van der Waals surface area contributed by atoms with E-state index in [4.69, 9.17) is 19.9 Å². The second-order valence-corrected chi connectivity index (χ2v) is 3.74. The van der Waals surface area contributed by atoms with Crippen molar-refractivity contribution in [3.05, 3.63) is 12.1 Å². The second kappa shape index (κ2) is 7.73. The number of hydrogen-bond donors (Lipinski definition) is 1. The number of ether oxygens (including phenoxy) is 3. The third-order valence-electron chi connectivity index (χ3n) is 2.52. The molecule has 0 amide bonds. The van der Waals surface area contributed by atoms with Crippen molar-refractivity contribution in [2.75, 3.05) is 58.3 Å². The number of nitrogen functional groups attached to an aromatic ring is 1. The topological polar surface area (TPSA) is 69.8 Å². The van der Waals surface area contributed by atoms with E-state index in [-0.39, 0.29) is 0 Å². The maximum Gasteiger partial charge on any atom is 0.238 e. The van der Waals surface area contributed by atoms with E-state index >= 15 is 0 Å². The van der Waals surface area contributed by atoms with Crippen LogP contribution in [0, 0.1) is 0 Å². The minimum atomic E-state index is 0.437. The minimum absolute atomic E-state index is 0.437. The van der Waals surface area contributed by atoms with Crippen LogP contribution >= 0.6 is 0 Å². The van der Waals surface area contributed by atoms with Crippen LogP contribution in [0.3, 0.4) is 0 Å². The molecule has 0 aliphatic carbocycles. The second-order valence-electron chi connectivity index (χ2n) is 3.74. The quantitative estimate of drug-likeness (QED) is 0.740. The molecule has 1 heterocycles. The van der Waals surface area contributed by atoms with Gasteiger partial charge in [0.2, 0.25) is 5.88 Å². The van der Waals surface area contributed by atoms with Gasteiger partial charge in [0.25, 0.3) is 0 Å². The molecule has 0 bridgehead atoms. The van der Waals surface area contributed by atoms with Crippen molar-refractivity contribution in [1.82, 2.24) is 4.98 Å². The fourth-order valence-electron chi connectivity index (χ4n) is 1.52. The Morgan fingerprint density at radius 2 is 1.72 bits per heavy atom. The molecular formula is C12H21N3O3. The average molecular weight is 255 g/mol. The van der Waals surface area contributed by atoms with Crippen LogP contribution in [0.15, 0.2) is 12.1 Å². The van der Waals surface area contributed by atoms with Crippen molar-refractivity contribution in [1.29, 1.82) is 0 Å². The van der Waals surface area contributed by atoms with E-state index < -0.39 is 0 Å². The van der Waals surface area contributed by atoms with Crippen molar-refractivity contribution >= 4 is 11.5 Å². The van der Waals surface area contributed by atoms with Crippen molar-refractivity contribution in [2.45, 2.75) is 0 Å². The van der Waals surface area contributed by atoms with E-state index in [1.165, 1.54) is 0 Å². The van der Waals surface area contributed by atoms with Gasteiger partial charge in [0.1, 0.15) is 5.82 Å². The first-order chi connectivity index (χ1) is 8.72. The van der Waals surface area contributed by atoms with Gasteiger partial charge in [0, 0.05) is 27.3 Å². The molecular weight excluding hydrogens is 234 g/mol. The number of hydrogen-bond acceptors (Lipinski definition) is 6. The first-order valence-corrected chi connectivity index (χ1v) is 5.76. The Bertz CT molecular complexity index is 352. The Morgan fingerprint density at radius 3 is 2.22 bits per heavy atom. The van der Waals surface area contributed by atoms with E-state index in [2.05, 4.69) is 9.88 Å². The third-order valence-corrected chi connectivity index (χ3v) is 2.52. The van der Waals surface area contributed by atoms with Crippen LogP contribution in [0.4, 0.5) is 11.5 Å². The number of nitrogens with two attached hydrogens (primary N) is 1. The molecule has 1 aromatic heterocycles. The monoisotopic (exact) mass is 255 g/mol. The normalized spacial score (nSPS) is 10.4. The SMILES string of the molecule is COCCN(CCOC)c1ccc(N)c(OC)n1. The molecule has 0 aromatic carbocycles. The molecule has 0 saturated heterocycles. The van der Waals surface area contributed by atoms with Gasteiger partial charge in [-0.25, -0.2) is 0 Å². The Hall–Kier alpha value is -1.53. The summed E-state index contributed by atoms with van der Waals surface area (Å²) in [4.78, 5) is 6.43. The van der Waals surface area contributed by atoms with Gasteiger partial charge in [-0.15, -0.1) is 0 Å². The number of aromatic nitrogens is 1. The number of rotatable bonds is 8. The molecule has 0 atom stereocenters. The number of methoxy groups -OCH3 is 3. The zero-order valence-electron chi connectivity index (χ0n) is 11.2. The highest BCUT2D eigenvalue weighted by atomic mass is 16.5. The van der Waals surface area contributed by atoms with E-state index in [0.717, 1.165) is 18.9 Å². The molecule has 102 valence electrons. The van der Waals surface area contributed by atoms with Gasteiger partial charge in [-0.3, -0.25) is 0 Å². The van der Waals surface area contributed by atoms with Crippen molar-refractivity contribution in [3.63, 3.8) is 0 Å². The van der Waals surface area contributed by atoms with Crippen LogP contribution in [0.2, 0.25) is 0 Å². The lowest BCUT2D eigenvalue weighted by atomic mass is 10.3. The zero-order chi connectivity index (χ0) is 13.4. The lowest BCUT2D eigenvalue weighted by Crippen LogP contribution is -2.31. The number of anilines is 2. The summed E-state index contributed by atoms with van der Waals surface area (Å²) in [5.74, 6) is 1.24. The van der Waals surface area contributed by atoms with Crippen LogP contribution in [-0.4, -0.2) is 52.6 Å². The number of nitrogens with zero attached hydrogens (tertiary/aromatic N) is 2. The van der Waals surface area contributed by atoms with Gasteiger partial charge in [-0.2, -0.15) is 4.98 Å². The van der Waals surface area contributed by atoms with Crippen LogP contribution in [0.5, 0.6) is 5.88 Å². The standard InChI is InChI=1S/C12H21N3O3/c1-16-8-6-15(7-9-17-2)11-5-4-10(13)12(14-11)18-3/h4-5H,6-9,13H2,1-3H3. The third kappa shape index (κ3) is 4.05. The first kappa shape index (κ1) is 14.5. The van der Waals surface area contributed by atoms with Gasteiger partial charge in [0.05, 0.1) is 26.0 Å². The van der Waals surface area contributed by atoms with E-state index in [0.29, 0.717) is 24.8 Å². The summed E-state index contributed by atoms with van der Waals surface area (Å²) >= 11 is 0. The Kier molecular flexibility index (Phi) is 6.24. The molecule has 18 heavy (non-hydrogen) atoms. The van der Waals surface area contributed by atoms with Crippen molar-refractivity contribution in [3.8, 4) is 5.88 Å². The van der Waals surface area contributed by atoms with Crippen molar-refractivity contribution in [2.24, 2.45) is 0 Å². The maximum absolute atomic E-state index is 5.74. The molecule has 1 aromatic rings. The van der Waals surface area contributed by atoms with Crippen LogP contribution in [0.25, 0.3) is 0 Å². The fourth-order valence-corrected chi connectivity index (χ4v) is 1.52. The summed E-state index contributed by atoms with van der Waals surface area (Å²) < 4.78 is 15.3. The summed E-state index contributed by atoms with van der Waals surface area (Å²) in [6, 6.07) is 3.65. The molecule has 0 saturated carbocycles. The molecule has 2 N–H and O–H groups in total. The Labute approximate surface area is 108 Å². The number of pyridine rings is 1. The molecule has 0 radical (unpaired) electrons. The largest absolute Gasteiger partial charge is 0.479 e. The zero-order valence-corrected chi connectivity index (χ0v) is 11.2. The molecule has 0 aliphatic heterocycles. The first-order valence-electron chi connectivity index (χ1n) is 5.76. The van der Waals surface area contributed by atoms with Crippen LogP contribution in [0.1, 0.15) is 0 Å². The Morgan fingerprint density at radius 1 is 1.11 bits per heavy atom. The smallest absolute Gasteiger partial charge is 0.238 e. The molecule has 0 unspecified atom stereocenters. The highest BCUT2D eigenvalue weighted by molar-refractivity contribution is 5.54. The molecule has 0 fully saturated rings. The summed E-state index contributed by atoms with van der Waals surface area (Å²) in [7, 11) is 4.90. The minimum Gasteiger partial charge on any atom is -0.479 e. The van der Waals surface area contributed by atoms with Gasteiger partial charge in [0.15, 0.2) is 0 Å². The highest BCUT2D eigenvalue weighted by Crippen LogP contribution is 2.22. The maximum atomic E-state index is 5.74. The summed E-state index contributed by atoms with van der Waals surface area (Å²) in [5, 5.41) is 0. The molecule has 0 aliphatic rings. The summed E-state index contributed by atoms with van der Waals surface area (Å²) in [6.45, 7) is 2.72. The Balaban J connectivity index is 2.82. The molecule has 6 nitrogen and oxygen atoms in total. The summed E-state index contributed by atoms with van der Waals surface area (Å²) in [6.07, 6.45) is 0. The summed E-state index contributed by atoms with van der Waals surface area (Å²) in [5.41, 5.74) is 6.27. The predicted octanol–water partition coefficient (Wildman–Crippen LogP) is 0.772. The predicted molar refractivity (Wildman–Crippen MR) is 71.2 cm³/mol. The van der Waals surface area contributed by atoms with Gasteiger partial charge in [-0.05, 0) is 12.1 Å². The molecule has 6 heteroatoms. The van der Waals surface area contributed by atoms with Crippen LogP contribution in [-0.2, 0) is 9.47 Å². The molecule has 0 spiro atoms. The lowest BCUT2D eigenvalue weighted by molar-refractivity contribution is 0.190.